The molecule has 32 heavy (non-hydrogen) atoms. The Morgan fingerprint density at radius 1 is 1.19 bits per heavy atom. The zero-order valence-corrected chi connectivity index (χ0v) is 19.2. The molecule has 0 spiro atoms. The summed E-state index contributed by atoms with van der Waals surface area (Å²) in [6, 6.07) is 7.45. The Bertz CT molecular complexity index is 1270. The number of hydrogen-bond acceptors (Lipinski definition) is 6. The molecule has 3 N–H and O–H groups in total. The largest absolute Gasteiger partial charge is 0.365 e. The molecule has 0 radical (unpaired) electrons. The zero-order valence-electron chi connectivity index (χ0n) is 17.6. The van der Waals surface area contributed by atoms with Crippen LogP contribution < -0.4 is 16.6 Å². The highest BCUT2D eigenvalue weighted by atomic mass is 32.2. The minimum atomic E-state index is -0.501. The molecule has 1 saturated carbocycles. The highest BCUT2D eigenvalue weighted by molar-refractivity contribution is 7.99. The van der Waals surface area contributed by atoms with Crippen LogP contribution in [0.25, 0.3) is 10.9 Å². The lowest BCUT2D eigenvalue weighted by Gasteiger charge is -2.18. The second-order valence-electron chi connectivity index (χ2n) is 8.29. The van der Waals surface area contributed by atoms with Gasteiger partial charge in [0.05, 0.1) is 22.2 Å². The maximum atomic E-state index is 13.2. The van der Waals surface area contributed by atoms with Crippen molar-refractivity contribution >= 4 is 50.8 Å². The topological polar surface area (TPSA) is 107 Å². The van der Waals surface area contributed by atoms with Gasteiger partial charge in [-0.3, -0.25) is 19.0 Å². The van der Waals surface area contributed by atoms with Crippen molar-refractivity contribution < 1.29 is 9.59 Å². The number of fused-ring (bicyclic) bond motifs is 2. The predicted molar refractivity (Wildman–Crippen MR) is 128 cm³/mol. The molecule has 7 nitrogen and oxygen atoms in total. The van der Waals surface area contributed by atoms with E-state index in [4.69, 9.17) is 10.7 Å². The van der Waals surface area contributed by atoms with E-state index in [-0.39, 0.29) is 23.3 Å². The lowest BCUT2D eigenvalue weighted by atomic mass is 10.1. The summed E-state index contributed by atoms with van der Waals surface area (Å²) < 4.78 is 1.78. The number of rotatable bonds is 6. The monoisotopic (exact) mass is 468 g/mol. The standard InChI is InChI=1S/C23H24N4O3S2/c24-20(29)19-15-9-5-11-17(15)32-21(19)26-18(28)12-31-23-25-16-10-4-3-8-14(16)22(30)27(23)13-6-1-2-7-13/h3-4,8,10,13H,1-2,5-7,9,11-12H2,(H2,24,29)(H,26,28). The van der Waals surface area contributed by atoms with E-state index in [0.29, 0.717) is 26.6 Å². The number of amides is 2. The fourth-order valence-corrected chi connectivity index (χ4v) is 6.93. The molecule has 2 aliphatic carbocycles. The molecule has 166 valence electrons. The van der Waals surface area contributed by atoms with Gasteiger partial charge in [0.1, 0.15) is 5.00 Å². The minimum absolute atomic E-state index is 0.0453. The SMILES string of the molecule is NC(=O)c1c(NC(=O)CSc2nc3ccccc3c(=O)n2C2CCCC2)sc2c1CCC2. The van der Waals surface area contributed by atoms with Gasteiger partial charge in [-0.05, 0) is 49.8 Å². The maximum Gasteiger partial charge on any atom is 0.262 e. The van der Waals surface area contributed by atoms with Gasteiger partial charge < -0.3 is 11.1 Å². The molecular weight excluding hydrogens is 444 g/mol. The number of para-hydroxylation sites is 1. The summed E-state index contributed by atoms with van der Waals surface area (Å²) in [5, 5.41) is 4.58. The fourth-order valence-electron chi connectivity index (χ4n) is 4.76. The minimum Gasteiger partial charge on any atom is -0.365 e. The van der Waals surface area contributed by atoms with Crippen LogP contribution in [0.1, 0.15) is 58.9 Å². The van der Waals surface area contributed by atoms with Gasteiger partial charge in [-0.2, -0.15) is 0 Å². The van der Waals surface area contributed by atoms with Gasteiger partial charge in [0.15, 0.2) is 5.16 Å². The lowest BCUT2D eigenvalue weighted by molar-refractivity contribution is -0.113. The number of nitrogens with two attached hydrogens (primary N) is 1. The number of primary amides is 1. The van der Waals surface area contributed by atoms with Crippen LogP contribution in [-0.2, 0) is 17.6 Å². The van der Waals surface area contributed by atoms with Crippen LogP contribution in [0.4, 0.5) is 5.00 Å². The first-order chi connectivity index (χ1) is 15.5. The Hall–Kier alpha value is -2.65. The maximum absolute atomic E-state index is 13.2. The van der Waals surface area contributed by atoms with Gasteiger partial charge in [0.25, 0.3) is 11.5 Å². The van der Waals surface area contributed by atoms with Crippen LogP contribution in [0.3, 0.4) is 0 Å². The van der Waals surface area contributed by atoms with Crippen LogP contribution in [0.5, 0.6) is 0 Å². The summed E-state index contributed by atoms with van der Waals surface area (Å²) >= 11 is 2.71. The molecule has 1 fully saturated rings. The Kier molecular flexibility index (Phi) is 5.77. The van der Waals surface area contributed by atoms with Crippen LogP contribution in [0, 0.1) is 0 Å². The van der Waals surface area contributed by atoms with Gasteiger partial charge in [0.2, 0.25) is 5.91 Å². The summed E-state index contributed by atoms with van der Waals surface area (Å²) in [5.74, 6) is -0.644. The van der Waals surface area contributed by atoms with E-state index in [9.17, 15) is 14.4 Å². The van der Waals surface area contributed by atoms with Crippen molar-refractivity contribution in [1.29, 1.82) is 0 Å². The Labute approximate surface area is 193 Å². The summed E-state index contributed by atoms with van der Waals surface area (Å²) in [4.78, 5) is 43.8. The quantitative estimate of drug-likeness (QED) is 0.422. The first kappa shape index (κ1) is 21.2. The zero-order chi connectivity index (χ0) is 22.2. The van der Waals surface area contributed by atoms with Crippen LogP contribution in [-0.4, -0.2) is 27.1 Å². The molecular formula is C23H24N4O3S2. The van der Waals surface area contributed by atoms with Crippen molar-refractivity contribution in [2.75, 3.05) is 11.1 Å². The van der Waals surface area contributed by atoms with Gasteiger partial charge in [-0.15, -0.1) is 11.3 Å². The third-order valence-electron chi connectivity index (χ3n) is 6.22. The molecule has 1 aromatic carbocycles. The van der Waals surface area contributed by atoms with Crippen LogP contribution >= 0.6 is 23.1 Å². The van der Waals surface area contributed by atoms with E-state index in [2.05, 4.69) is 5.32 Å². The highest BCUT2D eigenvalue weighted by Crippen LogP contribution is 2.39. The van der Waals surface area contributed by atoms with Crippen molar-refractivity contribution in [2.24, 2.45) is 5.73 Å². The number of carbonyl (C=O) groups is 2. The Morgan fingerprint density at radius 2 is 1.97 bits per heavy atom. The molecule has 2 aromatic heterocycles. The molecule has 3 aromatic rings. The van der Waals surface area contributed by atoms with Crippen LogP contribution in [0.15, 0.2) is 34.2 Å². The molecule has 0 saturated heterocycles. The lowest BCUT2D eigenvalue weighted by Crippen LogP contribution is -2.27. The Balaban J connectivity index is 1.40. The molecule has 0 aliphatic heterocycles. The number of thiophene rings is 1. The third kappa shape index (κ3) is 3.84. The van der Waals surface area contributed by atoms with Crippen LogP contribution in [0.2, 0.25) is 0 Å². The van der Waals surface area contributed by atoms with E-state index in [1.54, 1.807) is 10.6 Å². The van der Waals surface area contributed by atoms with E-state index >= 15 is 0 Å². The summed E-state index contributed by atoms with van der Waals surface area (Å²) in [7, 11) is 0. The number of anilines is 1. The van der Waals surface area contributed by atoms with E-state index in [1.807, 2.05) is 18.2 Å². The van der Waals surface area contributed by atoms with Gasteiger partial charge in [0, 0.05) is 10.9 Å². The van der Waals surface area contributed by atoms with Crippen molar-refractivity contribution in [3.8, 4) is 0 Å². The van der Waals surface area contributed by atoms with Crippen molar-refractivity contribution in [2.45, 2.75) is 56.1 Å². The average Bonchev–Trinajstić information content (AvgIpc) is 3.50. The summed E-state index contributed by atoms with van der Waals surface area (Å²) in [6.45, 7) is 0. The molecule has 9 heteroatoms. The molecule has 2 aliphatic rings. The molecule has 0 atom stereocenters. The van der Waals surface area contributed by atoms with E-state index in [0.717, 1.165) is 55.4 Å². The average molecular weight is 469 g/mol. The molecule has 0 unspecified atom stereocenters. The smallest absolute Gasteiger partial charge is 0.262 e. The molecule has 2 heterocycles. The number of benzene rings is 1. The highest BCUT2D eigenvalue weighted by Gasteiger charge is 2.27. The molecule has 0 bridgehead atoms. The molecule has 2 amide bonds. The number of hydrogen-bond donors (Lipinski definition) is 2. The van der Waals surface area contributed by atoms with Gasteiger partial charge in [-0.1, -0.05) is 36.7 Å². The molecule has 5 rings (SSSR count). The van der Waals surface area contributed by atoms with E-state index < -0.39 is 5.91 Å². The van der Waals surface area contributed by atoms with Crippen molar-refractivity contribution in [3.63, 3.8) is 0 Å². The predicted octanol–water partition coefficient (Wildman–Crippen LogP) is 3.89. The van der Waals surface area contributed by atoms with E-state index in [1.165, 1.54) is 23.1 Å². The number of nitrogens with zero attached hydrogens (tertiary/aromatic N) is 2. The number of aromatic nitrogens is 2. The van der Waals surface area contributed by atoms with Crippen molar-refractivity contribution in [3.05, 3.63) is 50.6 Å². The third-order valence-corrected chi connectivity index (χ3v) is 8.38. The number of carbonyl (C=O) groups excluding carboxylic acids is 2. The normalized spacial score (nSPS) is 15.9. The Morgan fingerprint density at radius 3 is 2.75 bits per heavy atom. The first-order valence-corrected chi connectivity index (χ1v) is 12.7. The first-order valence-electron chi connectivity index (χ1n) is 10.9. The fraction of sp³-hybridized carbons (Fsp3) is 0.391. The number of aryl methyl sites for hydroxylation is 1. The van der Waals surface area contributed by atoms with Crippen molar-refractivity contribution in [1.82, 2.24) is 9.55 Å². The second-order valence-corrected chi connectivity index (χ2v) is 10.3. The van der Waals surface area contributed by atoms with Gasteiger partial charge >= 0.3 is 0 Å². The number of thioether (sulfide) groups is 1. The number of nitrogens with one attached hydrogen (secondary N) is 1. The van der Waals surface area contributed by atoms with Gasteiger partial charge in [-0.25, -0.2) is 4.98 Å². The summed E-state index contributed by atoms with van der Waals surface area (Å²) in [6.07, 6.45) is 6.83. The summed E-state index contributed by atoms with van der Waals surface area (Å²) in [5.41, 5.74) is 7.62. The second kappa shape index (κ2) is 8.71.